The van der Waals surface area contributed by atoms with E-state index in [2.05, 4.69) is 30.9 Å². The van der Waals surface area contributed by atoms with Gasteiger partial charge in [-0.05, 0) is 31.2 Å². The first-order valence-corrected chi connectivity index (χ1v) is 12.1. The number of aromatic amines is 1. The Morgan fingerprint density at radius 1 is 0.857 bits per heavy atom. The minimum Gasteiger partial charge on any atom is -0.326 e. The van der Waals surface area contributed by atoms with E-state index >= 15 is 0 Å². The van der Waals surface area contributed by atoms with Crippen LogP contribution in [0.5, 0.6) is 0 Å². The Balaban J connectivity index is 1.71. The van der Waals surface area contributed by atoms with E-state index in [-0.39, 0.29) is 28.4 Å². The number of ketones is 1. The number of nitro groups is 2. The van der Waals surface area contributed by atoms with E-state index in [1.165, 1.54) is 55.5 Å². The molecule has 0 bridgehead atoms. The molecule has 3 aromatic carbocycles. The molecule has 1 unspecified atom stereocenters. The molecule has 1 heterocycles. The lowest BCUT2D eigenvalue weighted by Gasteiger charge is -2.11. The number of aromatic nitrogens is 2. The van der Waals surface area contributed by atoms with Crippen molar-refractivity contribution in [3.63, 3.8) is 0 Å². The second kappa shape index (κ2) is 12.8. The predicted octanol–water partition coefficient (Wildman–Crippen LogP) is 5.60. The van der Waals surface area contributed by atoms with Crippen LogP contribution in [0.4, 0.5) is 34.1 Å². The van der Waals surface area contributed by atoms with Crippen LogP contribution in [0.25, 0.3) is 0 Å². The van der Waals surface area contributed by atoms with Gasteiger partial charge in [-0.15, -0.1) is 15.3 Å². The minimum atomic E-state index is -1.76. The highest BCUT2D eigenvalue weighted by molar-refractivity contribution is 6.05. The maximum Gasteiger partial charge on any atom is 0.297 e. The number of carbonyl (C=O) groups excluding carboxylic acids is 2. The number of benzene rings is 3. The summed E-state index contributed by atoms with van der Waals surface area (Å²) in [7, 11) is 0. The molecule has 16 nitrogen and oxygen atoms in total. The summed E-state index contributed by atoms with van der Waals surface area (Å²) in [6.07, 6.45) is -2.49. The first kappa shape index (κ1) is 28.8. The quantitative estimate of drug-likeness (QED) is 0.100. The lowest BCUT2D eigenvalue weighted by molar-refractivity contribution is -0.384. The zero-order valence-electron chi connectivity index (χ0n) is 21.8. The third kappa shape index (κ3) is 6.68. The van der Waals surface area contributed by atoms with Gasteiger partial charge in [0.1, 0.15) is 0 Å². The molecule has 1 atom stereocenters. The van der Waals surface area contributed by atoms with Crippen molar-refractivity contribution in [1.29, 1.82) is 0 Å². The van der Waals surface area contributed by atoms with Gasteiger partial charge in [-0.3, -0.25) is 39.7 Å². The van der Waals surface area contributed by atoms with Crippen molar-refractivity contribution in [1.82, 2.24) is 9.78 Å². The molecule has 0 spiro atoms. The molecule has 0 saturated carbocycles. The normalized spacial score (nSPS) is 11.9. The van der Waals surface area contributed by atoms with Gasteiger partial charge in [0, 0.05) is 17.8 Å². The monoisotopic (exact) mass is 571 g/mol. The van der Waals surface area contributed by atoms with Crippen molar-refractivity contribution < 1.29 is 19.4 Å². The Labute approximate surface area is 235 Å². The number of para-hydroxylation sites is 3. The van der Waals surface area contributed by atoms with Crippen LogP contribution in [0.15, 0.2) is 104 Å². The number of hydrogen-bond acceptors (Lipinski definition) is 11. The molecule has 0 aliphatic heterocycles. The van der Waals surface area contributed by atoms with E-state index in [1.54, 1.807) is 30.3 Å². The van der Waals surface area contributed by atoms with Crippen LogP contribution in [-0.2, 0) is 9.59 Å². The summed E-state index contributed by atoms with van der Waals surface area (Å²) in [5.74, 6) is -1.58. The molecule has 0 fully saturated rings. The molecule has 0 radical (unpaired) electrons. The second-order valence-corrected chi connectivity index (χ2v) is 8.60. The van der Waals surface area contributed by atoms with Gasteiger partial charge in [-0.2, -0.15) is 5.11 Å². The summed E-state index contributed by atoms with van der Waals surface area (Å²) >= 11 is 0. The fourth-order valence-electron chi connectivity index (χ4n) is 3.71. The molecule has 0 aliphatic rings. The molecular weight excluding hydrogens is 550 g/mol. The molecule has 42 heavy (non-hydrogen) atoms. The second-order valence-electron chi connectivity index (χ2n) is 8.60. The SMILES string of the molecule is Cc1[nH]n(C(N=Nc2ccccc2[N+](=O)[O-])C(=O)CC(=O)Nc2ccccc2)c(=O)c1N=Nc1ccccc1[N+](=O)[O-]. The van der Waals surface area contributed by atoms with Crippen LogP contribution in [0.2, 0.25) is 0 Å². The fourth-order valence-corrected chi connectivity index (χ4v) is 3.71. The smallest absolute Gasteiger partial charge is 0.297 e. The molecule has 4 aromatic rings. The van der Waals surface area contributed by atoms with E-state index in [9.17, 15) is 34.6 Å². The highest BCUT2D eigenvalue weighted by atomic mass is 16.6. The number of nitrogens with zero attached hydrogens (tertiary/aromatic N) is 7. The summed E-state index contributed by atoms with van der Waals surface area (Å²) in [6.45, 7) is 1.44. The lowest BCUT2D eigenvalue weighted by atomic mass is 10.2. The van der Waals surface area contributed by atoms with Gasteiger partial charge in [0.05, 0.1) is 22.0 Å². The molecule has 0 saturated heterocycles. The molecule has 16 heteroatoms. The van der Waals surface area contributed by atoms with Crippen LogP contribution >= 0.6 is 0 Å². The van der Waals surface area contributed by atoms with E-state index in [0.29, 0.717) is 5.69 Å². The number of anilines is 1. The first-order chi connectivity index (χ1) is 20.2. The molecule has 2 N–H and O–H groups in total. The van der Waals surface area contributed by atoms with Crippen LogP contribution in [0.3, 0.4) is 0 Å². The summed E-state index contributed by atoms with van der Waals surface area (Å²) in [5.41, 5.74) is -1.70. The Hall–Kier alpha value is -6.19. The predicted molar refractivity (Wildman–Crippen MR) is 148 cm³/mol. The van der Waals surface area contributed by atoms with Gasteiger partial charge in [0.25, 0.3) is 16.9 Å². The van der Waals surface area contributed by atoms with Gasteiger partial charge in [0.2, 0.25) is 12.1 Å². The number of hydrogen-bond donors (Lipinski definition) is 2. The average Bonchev–Trinajstić information content (AvgIpc) is 3.24. The van der Waals surface area contributed by atoms with Crippen LogP contribution in [0, 0.1) is 27.2 Å². The summed E-state index contributed by atoms with van der Waals surface area (Å²) < 4.78 is 0.750. The number of aryl methyl sites for hydroxylation is 1. The standard InChI is InChI=1S/C26H21N9O7/c1-16-24(30-28-18-11-5-7-13-20(18)34(39)40)26(38)33(32-16)25(31-29-19-12-6-8-14-21(19)35(41)42)22(36)15-23(37)27-17-9-3-2-4-10-17/h2-14,25,32H,15H2,1H3,(H,27,37). The average molecular weight is 572 g/mol. The lowest BCUT2D eigenvalue weighted by Crippen LogP contribution is -2.29. The van der Waals surface area contributed by atoms with Gasteiger partial charge < -0.3 is 5.32 Å². The summed E-state index contributed by atoms with van der Waals surface area (Å²) in [5, 5.41) is 43.3. The number of nitrogens with one attached hydrogen (secondary N) is 2. The fraction of sp³-hybridized carbons (Fsp3) is 0.115. The number of azo groups is 2. The van der Waals surface area contributed by atoms with Gasteiger partial charge >= 0.3 is 0 Å². The van der Waals surface area contributed by atoms with Crippen LogP contribution < -0.4 is 10.9 Å². The highest BCUT2D eigenvalue weighted by Gasteiger charge is 2.28. The molecule has 212 valence electrons. The summed E-state index contributed by atoms with van der Waals surface area (Å²) in [4.78, 5) is 60.6. The van der Waals surface area contributed by atoms with Gasteiger partial charge in [-0.25, -0.2) is 4.68 Å². The number of H-pyrrole nitrogens is 1. The number of nitro benzene ring substituents is 2. The van der Waals surface area contributed by atoms with Crippen molar-refractivity contribution in [2.45, 2.75) is 19.5 Å². The maximum absolute atomic E-state index is 13.3. The third-order valence-electron chi connectivity index (χ3n) is 5.68. The largest absolute Gasteiger partial charge is 0.326 e. The van der Waals surface area contributed by atoms with Crippen molar-refractivity contribution in [2.75, 3.05) is 5.32 Å². The molecule has 1 amide bonds. The van der Waals surface area contributed by atoms with Gasteiger partial charge in [0.15, 0.2) is 22.8 Å². The molecule has 1 aromatic heterocycles. The third-order valence-corrected chi connectivity index (χ3v) is 5.68. The minimum absolute atomic E-state index is 0.115. The van der Waals surface area contributed by atoms with E-state index < -0.39 is 45.4 Å². The molecular formula is C26H21N9O7. The Morgan fingerprint density at radius 2 is 1.40 bits per heavy atom. The zero-order valence-corrected chi connectivity index (χ0v) is 21.8. The van der Waals surface area contributed by atoms with Crippen molar-refractivity contribution in [3.8, 4) is 0 Å². The number of carbonyl (C=O) groups is 2. The number of rotatable bonds is 11. The van der Waals surface area contributed by atoms with Crippen LogP contribution in [0.1, 0.15) is 18.3 Å². The Morgan fingerprint density at radius 3 is 2.00 bits per heavy atom. The first-order valence-electron chi connectivity index (χ1n) is 12.1. The van der Waals surface area contributed by atoms with E-state index in [0.717, 1.165) is 4.68 Å². The highest BCUT2D eigenvalue weighted by Crippen LogP contribution is 2.30. The number of Topliss-reactive ketones (excluding diaryl/α,β-unsaturated/α-hetero) is 1. The zero-order chi connectivity index (χ0) is 30.2. The summed E-state index contributed by atoms with van der Waals surface area (Å²) in [6, 6.07) is 19.2. The van der Waals surface area contributed by atoms with Crippen molar-refractivity contribution in [2.24, 2.45) is 20.5 Å². The van der Waals surface area contributed by atoms with E-state index in [4.69, 9.17) is 0 Å². The van der Waals surface area contributed by atoms with Crippen molar-refractivity contribution in [3.05, 3.63) is 115 Å². The van der Waals surface area contributed by atoms with Crippen LogP contribution in [-0.4, -0.2) is 31.3 Å². The Kier molecular flexibility index (Phi) is 8.76. The van der Waals surface area contributed by atoms with Gasteiger partial charge in [-0.1, -0.05) is 42.5 Å². The number of amides is 1. The molecule has 0 aliphatic carbocycles. The van der Waals surface area contributed by atoms with Crippen molar-refractivity contribution >= 4 is 45.8 Å². The molecule has 4 rings (SSSR count). The Bertz CT molecular complexity index is 1780. The van der Waals surface area contributed by atoms with E-state index in [1.807, 2.05) is 0 Å². The maximum atomic E-state index is 13.3. The topological polar surface area (TPSA) is 220 Å².